The molecule has 0 aliphatic heterocycles. The van der Waals surface area contributed by atoms with Crippen molar-refractivity contribution in [2.24, 2.45) is 0 Å². The van der Waals surface area contributed by atoms with Crippen LogP contribution in [0.4, 0.5) is 0 Å². The molecule has 1 N–H and O–H groups in total. The van der Waals surface area contributed by atoms with Gasteiger partial charge in [0.2, 0.25) is 0 Å². The van der Waals surface area contributed by atoms with E-state index in [2.05, 4.69) is 21.2 Å². The standard InChI is InChI=1S/C20H17BrN2O4/c1-13(24)27-19-10-17(21)15(9-18(19)26-2)8-16(11-22)20(25)23-12-14-6-4-3-5-7-14/h3-10H,12H2,1-2H3,(H,23,25)/b16-8-. The Balaban J connectivity index is 2.24. The number of esters is 1. The third kappa shape index (κ3) is 5.69. The fourth-order valence-corrected chi connectivity index (χ4v) is 2.67. The van der Waals surface area contributed by atoms with Crippen LogP contribution in [-0.2, 0) is 16.1 Å². The number of hydrogen-bond donors (Lipinski definition) is 1. The predicted molar refractivity (Wildman–Crippen MR) is 104 cm³/mol. The molecule has 0 bridgehead atoms. The van der Waals surface area contributed by atoms with E-state index in [-0.39, 0.29) is 11.3 Å². The molecule has 6 nitrogen and oxygen atoms in total. The Kier molecular flexibility index (Phi) is 7.15. The van der Waals surface area contributed by atoms with Crippen LogP contribution in [0.15, 0.2) is 52.5 Å². The molecular weight excluding hydrogens is 412 g/mol. The average Bonchev–Trinajstić information content (AvgIpc) is 2.66. The van der Waals surface area contributed by atoms with E-state index < -0.39 is 11.9 Å². The van der Waals surface area contributed by atoms with Crippen LogP contribution in [0, 0.1) is 11.3 Å². The maximum Gasteiger partial charge on any atom is 0.308 e. The van der Waals surface area contributed by atoms with Crippen molar-refractivity contribution in [2.75, 3.05) is 7.11 Å². The van der Waals surface area contributed by atoms with Gasteiger partial charge in [0.25, 0.3) is 5.91 Å². The van der Waals surface area contributed by atoms with Gasteiger partial charge in [-0.05, 0) is 29.3 Å². The quantitative estimate of drug-likeness (QED) is 0.328. The fraction of sp³-hybridized carbons (Fsp3) is 0.150. The largest absolute Gasteiger partial charge is 0.493 e. The first-order valence-corrected chi connectivity index (χ1v) is 8.73. The van der Waals surface area contributed by atoms with Crippen LogP contribution >= 0.6 is 15.9 Å². The molecule has 0 heterocycles. The van der Waals surface area contributed by atoms with Gasteiger partial charge in [-0.15, -0.1) is 0 Å². The number of halogens is 1. The second kappa shape index (κ2) is 9.55. The zero-order valence-corrected chi connectivity index (χ0v) is 16.4. The van der Waals surface area contributed by atoms with E-state index in [1.165, 1.54) is 20.1 Å². The van der Waals surface area contributed by atoms with Crippen LogP contribution in [0.2, 0.25) is 0 Å². The lowest BCUT2D eigenvalue weighted by Crippen LogP contribution is -2.23. The molecule has 2 aromatic rings. The highest BCUT2D eigenvalue weighted by atomic mass is 79.9. The van der Waals surface area contributed by atoms with Gasteiger partial charge in [-0.3, -0.25) is 9.59 Å². The molecule has 27 heavy (non-hydrogen) atoms. The first kappa shape index (κ1) is 20.2. The van der Waals surface area contributed by atoms with Gasteiger partial charge < -0.3 is 14.8 Å². The number of amides is 1. The summed E-state index contributed by atoms with van der Waals surface area (Å²) >= 11 is 3.35. The maximum absolute atomic E-state index is 12.3. The number of nitrogens with zero attached hydrogens (tertiary/aromatic N) is 1. The lowest BCUT2D eigenvalue weighted by atomic mass is 10.1. The molecule has 0 aromatic heterocycles. The Morgan fingerprint density at radius 3 is 2.52 bits per heavy atom. The second-order valence-electron chi connectivity index (χ2n) is 5.46. The molecule has 138 valence electrons. The molecule has 2 rings (SSSR count). The third-order valence-corrected chi connectivity index (χ3v) is 4.18. The summed E-state index contributed by atoms with van der Waals surface area (Å²) < 4.78 is 10.8. The highest BCUT2D eigenvalue weighted by molar-refractivity contribution is 9.10. The molecule has 0 radical (unpaired) electrons. The van der Waals surface area contributed by atoms with Crippen molar-refractivity contribution >= 4 is 33.9 Å². The molecule has 7 heteroatoms. The van der Waals surface area contributed by atoms with Crippen LogP contribution < -0.4 is 14.8 Å². The molecule has 0 aliphatic rings. The molecule has 0 spiro atoms. The zero-order chi connectivity index (χ0) is 19.8. The molecule has 0 unspecified atom stereocenters. The van der Waals surface area contributed by atoms with E-state index >= 15 is 0 Å². The molecule has 1 amide bonds. The SMILES string of the molecule is COc1cc(/C=C(/C#N)C(=O)NCc2ccccc2)c(Br)cc1OC(C)=O. The summed E-state index contributed by atoms with van der Waals surface area (Å²) in [4.78, 5) is 23.5. The van der Waals surface area contributed by atoms with E-state index in [9.17, 15) is 14.9 Å². The molecule has 2 aromatic carbocycles. The van der Waals surface area contributed by atoms with Crippen molar-refractivity contribution in [1.29, 1.82) is 5.26 Å². The van der Waals surface area contributed by atoms with Gasteiger partial charge in [0.15, 0.2) is 11.5 Å². The Hall–Kier alpha value is -3.11. The van der Waals surface area contributed by atoms with Gasteiger partial charge in [-0.25, -0.2) is 0 Å². The highest BCUT2D eigenvalue weighted by Gasteiger charge is 2.14. The summed E-state index contributed by atoms with van der Waals surface area (Å²) in [7, 11) is 1.43. The van der Waals surface area contributed by atoms with E-state index in [1.807, 2.05) is 36.4 Å². The summed E-state index contributed by atoms with van der Waals surface area (Å²) in [6, 6.07) is 14.4. The number of ether oxygens (including phenoxy) is 2. The van der Waals surface area contributed by atoms with Gasteiger partial charge in [0.05, 0.1) is 7.11 Å². The number of hydrogen-bond acceptors (Lipinski definition) is 5. The predicted octanol–water partition coefficient (Wildman–Crippen LogP) is 3.61. The number of nitriles is 1. The van der Waals surface area contributed by atoms with Gasteiger partial charge in [0.1, 0.15) is 11.6 Å². The Morgan fingerprint density at radius 2 is 1.93 bits per heavy atom. The van der Waals surface area contributed by atoms with Crippen molar-refractivity contribution in [3.05, 3.63) is 63.6 Å². The number of benzene rings is 2. The number of nitrogens with one attached hydrogen (secondary N) is 1. The summed E-state index contributed by atoms with van der Waals surface area (Å²) in [6.07, 6.45) is 1.43. The Bertz CT molecular complexity index is 918. The molecular formula is C20H17BrN2O4. The molecule has 0 saturated heterocycles. The average molecular weight is 429 g/mol. The zero-order valence-electron chi connectivity index (χ0n) is 14.8. The number of carbonyl (C=O) groups excluding carboxylic acids is 2. The third-order valence-electron chi connectivity index (χ3n) is 3.50. The van der Waals surface area contributed by atoms with Gasteiger partial charge >= 0.3 is 5.97 Å². The van der Waals surface area contributed by atoms with Crippen LogP contribution in [0.25, 0.3) is 6.08 Å². The fourth-order valence-electron chi connectivity index (χ4n) is 2.23. The Labute approximate surface area is 165 Å². The summed E-state index contributed by atoms with van der Waals surface area (Å²) in [6.45, 7) is 1.60. The summed E-state index contributed by atoms with van der Waals surface area (Å²) in [5.41, 5.74) is 1.40. The maximum atomic E-state index is 12.3. The number of methoxy groups -OCH3 is 1. The van der Waals surface area contributed by atoms with E-state index in [0.717, 1.165) is 5.56 Å². The van der Waals surface area contributed by atoms with Crippen molar-refractivity contribution < 1.29 is 19.1 Å². The van der Waals surface area contributed by atoms with E-state index in [0.29, 0.717) is 22.3 Å². The van der Waals surface area contributed by atoms with Gasteiger partial charge in [-0.2, -0.15) is 5.26 Å². The summed E-state index contributed by atoms with van der Waals surface area (Å²) in [5.74, 6) is -0.430. The van der Waals surface area contributed by atoms with Crippen LogP contribution in [-0.4, -0.2) is 19.0 Å². The van der Waals surface area contributed by atoms with Crippen molar-refractivity contribution in [3.63, 3.8) is 0 Å². The first-order valence-electron chi connectivity index (χ1n) is 7.94. The van der Waals surface area contributed by atoms with Crippen LogP contribution in [0.1, 0.15) is 18.1 Å². The van der Waals surface area contributed by atoms with Crippen molar-refractivity contribution in [1.82, 2.24) is 5.32 Å². The lowest BCUT2D eigenvalue weighted by Gasteiger charge is -2.11. The summed E-state index contributed by atoms with van der Waals surface area (Å²) in [5, 5.41) is 12.1. The lowest BCUT2D eigenvalue weighted by molar-refractivity contribution is -0.132. The van der Waals surface area contributed by atoms with Gasteiger partial charge in [-0.1, -0.05) is 46.3 Å². The van der Waals surface area contributed by atoms with Crippen LogP contribution in [0.3, 0.4) is 0 Å². The molecule has 0 fully saturated rings. The van der Waals surface area contributed by atoms with Crippen molar-refractivity contribution in [3.8, 4) is 17.6 Å². The monoisotopic (exact) mass is 428 g/mol. The smallest absolute Gasteiger partial charge is 0.308 e. The molecule has 0 aliphatic carbocycles. The minimum absolute atomic E-state index is 0.0612. The van der Waals surface area contributed by atoms with Gasteiger partial charge in [0, 0.05) is 17.9 Å². The molecule has 0 saturated carbocycles. The Morgan fingerprint density at radius 1 is 1.22 bits per heavy atom. The topological polar surface area (TPSA) is 88.4 Å². The minimum Gasteiger partial charge on any atom is -0.493 e. The normalized spacial score (nSPS) is 10.7. The minimum atomic E-state index is -0.490. The first-order chi connectivity index (χ1) is 12.9. The number of rotatable bonds is 6. The van der Waals surface area contributed by atoms with Crippen molar-refractivity contribution in [2.45, 2.75) is 13.5 Å². The number of carbonyl (C=O) groups is 2. The molecule has 0 atom stereocenters. The van der Waals surface area contributed by atoms with E-state index in [1.54, 1.807) is 12.1 Å². The van der Waals surface area contributed by atoms with Crippen LogP contribution in [0.5, 0.6) is 11.5 Å². The van der Waals surface area contributed by atoms with E-state index in [4.69, 9.17) is 9.47 Å². The highest BCUT2D eigenvalue weighted by Crippen LogP contribution is 2.34. The second-order valence-corrected chi connectivity index (χ2v) is 6.31.